The molecule has 0 amide bonds. The van der Waals surface area contributed by atoms with E-state index in [1.807, 2.05) is 6.92 Å². The molecule has 0 aliphatic rings. The van der Waals surface area contributed by atoms with Crippen LogP contribution in [-0.2, 0) is 6.61 Å². The largest absolute Gasteiger partial charge is 0.489 e. The van der Waals surface area contributed by atoms with Gasteiger partial charge < -0.3 is 15.7 Å². The zero-order valence-corrected chi connectivity index (χ0v) is 12.1. The molecule has 0 saturated heterocycles. The average molecular weight is 309 g/mol. The van der Waals surface area contributed by atoms with Gasteiger partial charge in [0.05, 0.1) is 0 Å². The minimum atomic E-state index is -0.481. The maximum absolute atomic E-state index is 13.5. The number of nitrogens with two attached hydrogens (primary N) is 1. The van der Waals surface area contributed by atoms with Crippen molar-refractivity contribution in [3.05, 3.63) is 63.9 Å². The molecule has 0 aliphatic carbocycles. The summed E-state index contributed by atoms with van der Waals surface area (Å²) in [5.41, 5.74) is 7.22. The first-order chi connectivity index (χ1) is 9.99. The Bertz CT molecular complexity index is 689. The minimum Gasteiger partial charge on any atom is -0.489 e. The summed E-state index contributed by atoms with van der Waals surface area (Å²) in [5, 5.41) is 12.1. The first-order valence-corrected chi connectivity index (χ1v) is 6.53. The van der Waals surface area contributed by atoms with Crippen LogP contribution < -0.4 is 10.5 Å². The summed E-state index contributed by atoms with van der Waals surface area (Å²) >= 11 is 5.93. The van der Waals surface area contributed by atoms with Crippen LogP contribution in [0.3, 0.4) is 0 Å². The lowest BCUT2D eigenvalue weighted by Crippen LogP contribution is -2.14. The fourth-order valence-corrected chi connectivity index (χ4v) is 1.93. The second kappa shape index (κ2) is 6.45. The zero-order chi connectivity index (χ0) is 15.4. The molecule has 0 saturated carbocycles. The normalized spacial score (nSPS) is 11.5. The van der Waals surface area contributed by atoms with Gasteiger partial charge in [0, 0.05) is 10.6 Å². The van der Waals surface area contributed by atoms with Crippen molar-refractivity contribution in [3.63, 3.8) is 0 Å². The molecule has 21 heavy (non-hydrogen) atoms. The first kappa shape index (κ1) is 15.1. The van der Waals surface area contributed by atoms with E-state index in [0.29, 0.717) is 21.9 Å². The fourth-order valence-electron chi connectivity index (χ4n) is 1.81. The molecule has 2 rings (SSSR count). The summed E-state index contributed by atoms with van der Waals surface area (Å²) < 4.78 is 19.1. The van der Waals surface area contributed by atoms with Crippen molar-refractivity contribution in [1.82, 2.24) is 0 Å². The van der Waals surface area contributed by atoms with Crippen molar-refractivity contribution >= 4 is 17.4 Å². The molecule has 0 bridgehead atoms. The Kier molecular flexibility index (Phi) is 4.65. The third-order valence-corrected chi connectivity index (χ3v) is 3.32. The summed E-state index contributed by atoms with van der Waals surface area (Å²) in [6, 6.07) is 9.38. The molecule has 0 fully saturated rings. The van der Waals surface area contributed by atoms with E-state index in [0.717, 1.165) is 5.56 Å². The van der Waals surface area contributed by atoms with Crippen LogP contribution in [0.4, 0.5) is 4.39 Å². The van der Waals surface area contributed by atoms with Gasteiger partial charge in [-0.2, -0.15) is 0 Å². The highest BCUT2D eigenvalue weighted by atomic mass is 35.5. The maximum Gasteiger partial charge on any atom is 0.170 e. The smallest absolute Gasteiger partial charge is 0.170 e. The topological polar surface area (TPSA) is 67.8 Å². The summed E-state index contributed by atoms with van der Waals surface area (Å²) in [7, 11) is 0. The number of hydrogen-bond donors (Lipinski definition) is 2. The number of oxime groups is 1. The SMILES string of the molecule is Cc1cc(OCc2cc(F)cc(/C(N)=N/O)c2)ccc1Cl. The van der Waals surface area contributed by atoms with E-state index < -0.39 is 5.82 Å². The summed E-state index contributed by atoms with van der Waals surface area (Å²) in [5.74, 6) is -0.00502. The number of rotatable bonds is 4. The monoisotopic (exact) mass is 308 g/mol. The van der Waals surface area contributed by atoms with Crippen LogP contribution in [-0.4, -0.2) is 11.0 Å². The molecule has 110 valence electrons. The highest BCUT2D eigenvalue weighted by Crippen LogP contribution is 2.22. The highest BCUT2D eigenvalue weighted by Gasteiger charge is 2.06. The van der Waals surface area contributed by atoms with Crippen LogP contribution in [0.15, 0.2) is 41.6 Å². The van der Waals surface area contributed by atoms with E-state index in [1.54, 1.807) is 24.3 Å². The number of hydrogen-bond acceptors (Lipinski definition) is 3. The van der Waals surface area contributed by atoms with Gasteiger partial charge in [0.1, 0.15) is 18.2 Å². The fraction of sp³-hybridized carbons (Fsp3) is 0.133. The molecular formula is C15H14ClFN2O2. The molecule has 0 unspecified atom stereocenters. The van der Waals surface area contributed by atoms with Crippen molar-refractivity contribution < 1.29 is 14.3 Å². The van der Waals surface area contributed by atoms with Gasteiger partial charge in [0.2, 0.25) is 0 Å². The van der Waals surface area contributed by atoms with E-state index >= 15 is 0 Å². The Labute approximate surface area is 126 Å². The lowest BCUT2D eigenvalue weighted by Gasteiger charge is -2.09. The average Bonchev–Trinajstić information content (AvgIpc) is 2.47. The number of benzene rings is 2. The Balaban J connectivity index is 2.16. The lowest BCUT2D eigenvalue weighted by molar-refractivity contribution is 0.305. The van der Waals surface area contributed by atoms with Gasteiger partial charge in [-0.1, -0.05) is 16.8 Å². The lowest BCUT2D eigenvalue weighted by atomic mass is 10.1. The number of aryl methyl sites for hydroxylation is 1. The molecule has 0 aromatic heterocycles. The Morgan fingerprint density at radius 1 is 1.33 bits per heavy atom. The first-order valence-electron chi connectivity index (χ1n) is 6.16. The van der Waals surface area contributed by atoms with Crippen LogP contribution in [0.5, 0.6) is 5.75 Å². The van der Waals surface area contributed by atoms with Crippen LogP contribution in [0.2, 0.25) is 5.02 Å². The van der Waals surface area contributed by atoms with Crippen molar-refractivity contribution in [2.24, 2.45) is 10.9 Å². The van der Waals surface area contributed by atoms with Crippen molar-refractivity contribution in [2.75, 3.05) is 0 Å². The molecule has 2 aromatic carbocycles. The molecular weight excluding hydrogens is 295 g/mol. The standard InChI is InChI=1S/C15H14ClFN2O2/c1-9-4-13(2-3-14(9)16)21-8-10-5-11(15(18)19-20)7-12(17)6-10/h2-7,20H,8H2,1H3,(H2,18,19). The maximum atomic E-state index is 13.5. The van der Waals surface area contributed by atoms with Gasteiger partial charge in [0.15, 0.2) is 5.84 Å². The predicted molar refractivity (Wildman–Crippen MR) is 79.4 cm³/mol. The second-order valence-electron chi connectivity index (χ2n) is 4.53. The number of halogens is 2. The van der Waals surface area contributed by atoms with Gasteiger partial charge in [0.25, 0.3) is 0 Å². The van der Waals surface area contributed by atoms with Gasteiger partial charge in [-0.3, -0.25) is 0 Å². The van der Waals surface area contributed by atoms with Gasteiger partial charge in [-0.05, 0) is 54.4 Å². The third-order valence-electron chi connectivity index (χ3n) is 2.90. The van der Waals surface area contributed by atoms with Crippen LogP contribution in [0.25, 0.3) is 0 Å². The number of ether oxygens (including phenoxy) is 1. The van der Waals surface area contributed by atoms with Crippen LogP contribution >= 0.6 is 11.6 Å². The molecule has 4 nitrogen and oxygen atoms in total. The quantitative estimate of drug-likeness (QED) is 0.393. The Morgan fingerprint density at radius 2 is 2.10 bits per heavy atom. The summed E-state index contributed by atoms with van der Waals surface area (Å²) in [6.45, 7) is 2.03. The van der Waals surface area contributed by atoms with E-state index in [9.17, 15) is 4.39 Å². The highest BCUT2D eigenvalue weighted by molar-refractivity contribution is 6.31. The van der Waals surface area contributed by atoms with Crippen molar-refractivity contribution in [3.8, 4) is 5.75 Å². The molecule has 0 spiro atoms. The van der Waals surface area contributed by atoms with Crippen molar-refractivity contribution in [2.45, 2.75) is 13.5 Å². The summed E-state index contributed by atoms with van der Waals surface area (Å²) in [4.78, 5) is 0. The molecule has 0 heterocycles. The van der Waals surface area contributed by atoms with Gasteiger partial charge >= 0.3 is 0 Å². The van der Waals surface area contributed by atoms with Gasteiger partial charge in [-0.25, -0.2) is 4.39 Å². The Hall–Kier alpha value is -2.27. The molecule has 0 radical (unpaired) electrons. The number of amidine groups is 1. The van der Waals surface area contributed by atoms with E-state index in [1.165, 1.54) is 12.1 Å². The van der Waals surface area contributed by atoms with Gasteiger partial charge in [-0.15, -0.1) is 0 Å². The van der Waals surface area contributed by atoms with E-state index in [4.69, 9.17) is 27.3 Å². The van der Waals surface area contributed by atoms with Crippen LogP contribution in [0, 0.1) is 12.7 Å². The predicted octanol–water partition coefficient (Wildman–Crippen LogP) is 3.46. The van der Waals surface area contributed by atoms with Crippen molar-refractivity contribution in [1.29, 1.82) is 0 Å². The molecule has 2 aromatic rings. The third kappa shape index (κ3) is 3.86. The molecule has 0 atom stereocenters. The second-order valence-corrected chi connectivity index (χ2v) is 4.94. The van der Waals surface area contributed by atoms with E-state index in [2.05, 4.69) is 5.16 Å². The molecule has 0 aliphatic heterocycles. The zero-order valence-electron chi connectivity index (χ0n) is 11.3. The van der Waals surface area contributed by atoms with E-state index in [-0.39, 0.29) is 12.4 Å². The molecule has 6 heteroatoms. The van der Waals surface area contributed by atoms with Crippen LogP contribution in [0.1, 0.15) is 16.7 Å². The Morgan fingerprint density at radius 3 is 2.76 bits per heavy atom. The summed E-state index contributed by atoms with van der Waals surface area (Å²) in [6.07, 6.45) is 0. The molecule has 3 N–H and O–H groups in total. The number of nitrogens with zero attached hydrogens (tertiary/aromatic N) is 1. The minimum absolute atomic E-state index is 0.155.